The van der Waals surface area contributed by atoms with Gasteiger partial charge in [0.15, 0.2) is 0 Å². The predicted molar refractivity (Wildman–Crippen MR) is 76.0 cm³/mol. The van der Waals surface area contributed by atoms with Crippen molar-refractivity contribution in [1.29, 1.82) is 0 Å². The van der Waals surface area contributed by atoms with Gasteiger partial charge in [0.1, 0.15) is 0 Å². The molecule has 19 heavy (non-hydrogen) atoms. The van der Waals surface area contributed by atoms with Gasteiger partial charge in [-0.15, -0.1) is 0 Å². The van der Waals surface area contributed by atoms with Gasteiger partial charge in [0, 0.05) is 18.1 Å². The summed E-state index contributed by atoms with van der Waals surface area (Å²) in [4.78, 5) is 12.1. The molecule has 3 rings (SSSR count). The Balaban J connectivity index is 1.54. The van der Waals surface area contributed by atoms with Gasteiger partial charge >= 0.3 is 0 Å². The summed E-state index contributed by atoms with van der Waals surface area (Å²) in [6.45, 7) is 2.06. The quantitative estimate of drug-likeness (QED) is 0.870. The number of aryl methyl sites for hydroxylation is 1. The lowest BCUT2D eigenvalue weighted by Crippen LogP contribution is -2.48. The van der Waals surface area contributed by atoms with Crippen molar-refractivity contribution >= 4 is 5.91 Å². The monoisotopic (exact) mass is 258 g/mol. The number of hydrogen-bond acceptors (Lipinski definition) is 2. The maximum Gasteiger partial charge on any atom is 0.224 e. The van der Waals surface area contributed by atoms with E-state index in [2.05, 4.69) is 29.7 Å². The number of amides is 1. The second-order valence-corrected chi connectivity index (χ2v) is 6.04. The topological polar surface area (TPSA) is 41.1 Å². The van der Waals surface area contributed by atoms with Crippen molar-refractivity contribution in [2.45, 2.75) is 57.2 Å². The Labute approximate surface area is 114 Å². The van der Waals surface area contributed by atoms with Gasteiger partial charge in [0.05, 0.1) is 6.42 Å². The van der Waals surface area contributed by atoms with Gasteiger partial charge in [-0.25, -0.2) is 0 Å². The van der Waals surface area contributed by atoms with Crippen LogP contribution in [-0.2, 0) is 11.2 Å². The molecule has 0 saturated carbocycles. The van der Waals surface area contributed by atoms with Gasteiger partial charge in [-0.2, -0.15) is 0 Å². The molecule has 3 heteroatoms. The van der Waals surface area contributed by atoms with Gasteiger partial charge in [-0.1, -0.05) is 29.8 Å². The maximum atomic E-state index is 12.1. The van der Waals surface area contributed by atoms with Crippen molar-refractivity contribution in [2.75, 3.05) is 0 Å². The summed E-state index contributed by atoms with van der Waals surface area (Å²) in [5, 5.41) is 6.81. The molecule has 1 aromatic carbocycles. The molecule has 2 saturated heterocycles. The molecule has 1 aromatic rings. The van der Waals surface area contributed by atoms with Crippen molar-refractivity contribution in [3.8, 4) is 0 Å². The predicted octanol–water partition coefficient (Wildman–Crippen LogP) is 1.94. The van der Waals surface area contributed by atoms with E-state index in [9.17, 15) is 4.79 Å². The van der Waals surface area contributed by atoms with E-state index in [1.165, 1.54) is 18.4 Å². The maximum absolute atomic E-state index is 12.1. The number of carbonyl (C=O) groups excluding carboxylic acids is 1. The number of benzene rings is 1. The Hall–Kier alpha value is -1.35. The van der Waals surface area contributed by atoms with E-state index in [0.717, 1.165) is 18.4 Å². The highest BCUT2D eigenvalue weighted by molar-refractivity contribution is 5.78. The molecule has 0 aliphatic carbocycles. The normalized spacial score (nSPS) is 29.2. The molecular weight excluding hydrogens is 236 g/mol. The van der Waals surface area contributed by atoms with Gasteiger partial charge in [-0.05, 0) is 38.2 Å². The average molecular weight is 258 g/mol. The summed E-state index contributed by atoms with van der Waals surface area (Å²) in [5.74, 6) is 0.164. The largest absolute Gasteiger partial charge is 0.353 e. The van der Waals surface area contributed by atoms with Gasteiger partial charge in [0.25, 0.3) is 0 Å². The third-order valence-corrected chi connectivity index (χ3v) is 4.29. The fourth-order valence-corrected chi connectivity index (χ4v) is 3.46. The first-order chi connectivity index (χ1) is 9.19. The summed E-state index contributed by atoms with van der Waals surface area (Å²) in [6.07, 6.45) is 5.23. The summed E-state index contributed by atoms with van der Waals surface area (Å²) >= 11 is 0. The summed E-state index contributed by atoms with van der Waals surface area (Å²) in [6, 6.07) is 9.82. The minimum absolute atomic E-state index is 0.164. The zero-order valence-corrected chi connectivity index (χ0v) is 11.5. The molecule has 0 aromatic heterocycles. The van der Waals surface area contributed by atoms with Crippen LogP contribution in [0.1, 0.15) is 36.8 Å². The van der Waals surface area contributed by atoms with E-state index in [1.54, 1.807) is 0 Å². The molecule has 2 unspecified atom stereocenters. The Morgan fingerprint density at radius 3 is 2.74 bits per heavy atom. The van der Waals surface area contributed by atoms with Crippen LogP contribution in [-0.4, -0.2) is 24.0 Å². The Morgan fingerprint density at radius 2 is 2.05 bits per heavy atom. The first kappa shape index (κ1) is 12.7. The molecular formula is C16H22N2O. The molecule has 2 aliphatic rings. The summed E-state index contributed by atoms with van der Waals surface area (Å²) in [5.41, 5.74) is 2.32. The highest BCUT2D eigenvalue weighted by Crippen LogP contribution is 2.26. The third-order valence-electron chi connectivity index (χ3n) is 4.29. The summed E-state index contributed by atoms with van der Waals surface area (Å²) in [7, 11) is 0. The third kappa shape index (κ3) is 3.16. The fourth-order valence-electron chi connectivity index (χ4n) is 3.46. The van der Waals surface area contributed by atoms with E-state index < -0.39 is 0 Å². The van der Waals surface area contributed by atoms with Crippen LogP contribution in [0.4, 0.5) is 0 Å². The van der Waals surface area contributed by atoms with E-state index in [-0.39, 0.29) is 5.91 Å². The molecule has 2 bridgehead atoms. The molecule has 102 valence electrons. The fraction of sp³-hybridized carbons (Fsp3) is 0.562. The van der Waals surface area contributed by atoms with E-state index in [0.29, 0.717) is 24.5 Å². The highest BCUT2D eigenvalue weighted by atomic mass is 16.1. The molecule has 2 atom stereocenters. The zero-order valence-electron chi connectivity index (χ0n) is 11.5. The van der Waals surface area contributed by atoms with Crippen molar-refractivity contribution in [1.82, 2.24) is 10.6 Å². The standard InChI is InChI=1S/C16H22N2O/c1-11-3-2-4-12(7-11)8-16(19)18-15-9-13-5-6-14(10-15)17-13/h2-4,7,13-15,17H,5-6,8-10H2,1H3,(H,18,19). The van der Waals surface area contributed by atoms with Crippen LogP contribution in [0.25, 0.3) is 0 Å². The van der Waals surface area contributed by atoms with Crippen molar-refractivity contribution in [2.24, 2.45) is 0 Å². The van der Waals surface area contributed by atoms with Crippen LogP contribution in [0, 0.1) is 6.92 Å². The van der Waals surface area contributed by atoms with Crippen molar-refractivity contribution in [3.63, 3.8) is 0 Å². The highest BCUT2D eigenvalue weighted by Gasteiger charge is 2.33. The average Bonchev–Trinajstić information content (AvgIpc) is 2.68. The van der Waals surface area contributed by atoms with Gasteiger partial charge in [0.2, 0.25) is 5.91 Å². The van der Waals surface area contributed by atoms with Crippen LogP contribution in [0.15, 0.2) is 24.3 Å². The number of fused-ring (bicyclic) bond motifs is 2. The molecule has 3 nitrogen and oxygen atoms in total. The lowest BCUT2D eigenvalue weighted by molar-refractivity contribution is -0.121. The molecule has 2 fully saturated rings. The van der Waals surface area contributed by atoms with Crippen LogP contribution >= 0.6 is 0 Å². The number of rotatable bonds is 3. The van der Waals surface area contributed by atoms with Crippen molar-refractivity contribution in [3.05, 3.63) is 35.4 Å². The van der Waals surface area contributed by atoms with Crippen LogP contribution in [0.2, 0.25) is 0 Å². The Morgan fingerprint density at radius 1 is 1.32 bits per heavy atom. The minimum Gasteiger partial charge on any atom is -0.353 e. The molecule has 1 amide bonds. The van der Waals surface area contributed by atoms with E-state index >= 15 is 0 Å². The molecule has 2 N–H and O–H groups in total. The van der Waals surface area contributed by atoms with E-state index in [4.69, 9.17) is 0 Å². The first-order valence-corrected chi connectivity index (χ1v) is 7.30. The molecule has 0 radical (unpaired) electrons. The molecule has 2 aliphatic heterocycles. The SMILES string of the molecule is Cc1cccc(CC(=O)NC2CC3CCC(C2)N3)c1. The Kier molecular flexibility index (Phi) is 3.56. The number of hydrogen-bond donors (Lipinski definition) is 2. The smallest absolute Gasteiger partial charge is 0.224 e. The second kappa shape index (κ2) is 5.33. The minimum atomic E-state index is 0.164. The van der Waals surface area contributed by atoms with Crippen molar-refractivity contribution < 1.29 is 4.79 Å². The summed E-state index contributed by atoms with van der Waals surface area (Å²) < 4.78 is 0. The Bertz CT molecular complexity index is 460. The lowest BCUT2D eigenvalue weighted by Gasteiger charge is -2.29. The van der Waals surface area contributed by atoms with E-state index in [1.807, 2.05) is 12.1 Å². The molecule has 2 heterocycles. The van der Waals surface area contributed by atoms with Crippen LogP contribution in [0.3, 0.4) is 0 Å². The zero-order chi connectivity index (χ0) is 13.2. The van der Waals surface area contributed by atoms with Gasteiger partial charge in [-0.3, -0.25) is 4.79 Å². The molecule has 0 spiro atoms. The van der Waals surface area contributed by atoms with Crippen LogP contribution in [0.5, 0.6) is 0 Å². The van der Waals surface area contributed by atoms with Gasteiger partial charge < -0.3 is 10.6 Å². The number of carbonyl (C=O) groups is 1. The lowest BCUT2D eigenvalue weighted by atomic mass is 9.99. The first-order valence-electron chi connectivity index (χ1n) is 7.30. The number of piperidine rings is 1. The second-order valence-electron chi connectivity index (χ2n) is 6.04. The number of nitrogens with one attached hydrogen (secondary N) is 2. The van der Waals surface area contributed by atoms with Crippen LogP contribution < -0.4 is 10.6 Å².